The van der Waals surface area contributed by atoms with Gasteiger partial charge in [-0.25, -0.2) is 9.97 Å². The molecule has 1 N–H and O–H groups in total. The van der Waals surface area contributed by atoms with Crippen molar-refractivity contribution in [3.05, 3.63) is 48.9 Å². The Labute approximate surface area is 149 Å². The molecule has 0 radical (unpaired) electrons. The molecule has 128 valence electrons. The van der Waals surface area contributed by atoms with Gasteiger partial charge in [-0.3, -0.25) is 9.55 Å². The third-order valence-electron chi connectivity index (χ3n) is 5.65. The number of nitrogens with zero attached hydrogens (tertiary/aromatic N) is 5. The van der Waals surface area contributed by atoms with E-state index in [2.05, 4.69) is 27.0 Å². The molecule has 0 bridgehead atoms. The molecule has 6 heteroatoms. The molecule has 2 aliphatic rings. The van der Waals surface area contributed by atoms with E-state index in [1.807, 2.05) is 16.7 Å². The molecule has 3 heterocycles. The van der Waals surface area contributed by atoms with E-state index in [4.69, 9.17) is 4.98 Å². The summed E-state index contributed by atoms with van der Waals surface area (Å²) in [4.78, 5) is 16.5. The number of benzene rings is 2. The van der Waals surface area contributed by atoms with Gasteiger partial charge in [0.05, 0.1) is 28.4 Å². The van der Waals surface area contributed by atoms with Crippen molar-refractivity contribution in [2.75, 3.05) is 11.4 Å². The van der Waals surface area contributed by atoms with Crippen molar-refractivity contribution in [2.24, 2.45) is 5.92 Å². The van der Waals surface area contributed by atoms with E-state index in [0.717, 1.165) is 40.3 Å². The molecular weight excluding hydrogens is 326 g/mol. The smallest absolute Gasteiger partial charge is 0.157 e. The summed E-state index contributed by atoms with van der Waals surface area (Å²) >= 11 is 0. The van der Waals surface area contributed by atoms with Crippen molar-refractivity contribution in [1.82, 2.24) is 19.5 Å². The number of anilines is 1. The first kappa shape index (κ1) is 14.1. The summed E-state index contributed by atoms with van der Waals surface area (Å²) in [5, 5.41) is 9.66. The molecule has 1 aliphatic carbocycles. The molecule has 1 saturated heterocycles. The van der Waals surface area contributed by atoms with Crippen molar-refractivity contribution in [3.63, 3.8) is 0 Å². The van der Waals surface area contributed by atoms with Crippen LogP contribution in [0.4, 0.5) is 5.69 Å². The van der Waals surface area contributed by atoms with Gasteiger partial charge in [-0.1, -0.05) is 6.07 Å². The maximum Gasteiger partial charge on any atom is 0.157 e. The summed E-state index contributed by atoms with van der Waals surface area (Å²) in [6.45, 7) is 1.10. The average molecular weight is 343 g/mol. The molecule has 1 aliphatic heterocycles. The summed E-state index contributed by atoms with van der Waals surface area (Å²) in [6, 6.07) is 12.1. The van der Waals surface area contributed by atoms with Gasteiger partial charge in [-0.15, -0.1) is 0 Å². The van der Waals surface area contributed by atoms with E-state index < -0.39 is 0 Å². The number of hydrogen-bond donors (Lipinski definition) is 1. The van der Waals surface area contributed by atoms with E-state index in [-0.39, 0.29) is 5.75 Å². The number of piperidine rings is 1. The van der Waals surface area contributed by atoms with Crippen LogP contribution in [-0.2, 0) is 0 Å². The van der Waals surface area contributed by atoms with Crippen LogP contribution in [0.25, 0.3) is 27.9 Å². The van der Waals surface area contributed by atoms with Gasteiger partial charge in [0.2, 0.25) is 0 Å². The third-order valence-corrected chi connectivity index (χ3v) is 5.65. The monoisotopic (exact) mass is 343 g/mol. The van der Waals surface area contributed by atoms with E-state index in [0.29, 0.717) is 6.04 Å². The number of phenols is 1. The normalized spacial score (nSPS) is 21.5. The Kier molecular flexibility index (Phi) is 2.67. The van der Waals surface area contributed by atoms with Crippen molar-refractivity contribution >= 4 is 27.8 Å². The summed E-state index contributed by atoms with van der Waals surface area (Å²) in [5.74, 6) is 1.82. The molecule has 2 aromatic heterocycles. The quantitative estimate of drug-likeness (QED) is 0.605. The number of rotatable bonds is 2. The van der Waals surface area contributed by atoms with Gasteiger partial charge in [-0.2, -0.15) is 0 Å². The molecular formula is C20H17N5O. The largest absolute Gasteiger partial charge is 0.508 e. The van der Waals surface area contributed by atoms with Crippen molar-refractivity contribution in [3.8, 4) is 11.6 Å². The lowest BCUT2D eigenvalue weighted by Gasteiger charge is -2.21. The minimum atomic E-state index is 0.211. The minimum absolute atomic E-state index is 0.211. The Morgan fingerprint density at radius 3 is 2.88 bits per heavy atom. The molecule has 26 heavy (non-hydrogen) atoms. The van der Waals surface area contributed by atoms with Crippen molar-refractivity contribution in [1.29, 1.82) is 0 Å². The second-order valence-corrected chi connectivity index (χ2v) is 7.21. The summed E-state index contributed by atoms with van der Waals surface area (Å²) in [5.41, 5.74) is 4.68. The molecule has 0 spiro atoms. The second-order valence-electron chi connectivity index (χ2n) is 7.21. The van der Waals surface area contributed by atoms with Crippen LogP contribution in [0.1, 0.15) is 12.8 Å². The van der Waals surface area contributed by atoms with Crippen LogP contribution in [0.2, 0.25) is 0 Å². The fourth-order valence-corrected chi connectivity index (χ4v) is 4.23. The predicted molar refractivity (Wildman–Crippen MR) is 99.7 cm³/mol. The van der Waals surface area contributed by atoms with Gasteiger partial charge < -0.3 is 10.0 Å². The van der Waals surface area contributed by atoms with Gasteiger partial charge in [0.25, 0.3) is 0 Å². The molecule has 2 atom stereocenters. The first-order valence-electron chi connectivity index (χ1n) is 8.97. The van der Waals surface area contributed by atoms with Crippen molar-refractivity contribution < 1.29 is 5.11 Å². The molecule has 4 aromatic rings. The highest BCUT2D eigenvalue weighted by molar-refractivity contribution is 5.89. The van der Waals surface area contributed by atoms with E-state index in [1.54, 1.807) is 24.7 Å². The Bertz CT molecular complexity index is 1170. The Morgan fingerprint density at radius 1 is 1.08 bits per heavy atom. The fourth-order valence-electron chi connectivity index (χ4n) is 4.23. The van der Waals surface area contributed by atoms with Crippen LogP contribution < -0.4 is 4.90 Å². The Hall–Kier alpha value is -3.15. The van der Waals surface area contributed by atoms with E-state index in [9.17, 15) is 5.11 Å². The third kappa shape index (κ3) is 1.95. The molecule has 2 unspecified atom stereocenters. The number of aromatic hydroxyl groups is 1. The number of aromatic nitrogens is 4. The fraction of sp³-hybridized carbons (Fsp3) is 0.250. The molecule has 6 nitrogen and oxygen atoms in total. The van der Waals surface area contributed by atoms with Crippen LogP contribution >= 0.6 is 0 Å². The first-order valence-corrected chi connectivity index (χ1v) is 8.97. The van der Waals surface area contributed by atoms with Gasteiger partial charge in [0.1, 0.15) is 17.6 Å². The van der Waals surface area contributed by atoms with E-state index >= 15 is 0 Å². The van der Waals surface area contributed by atoms with Gasteiger partial charge in [0, 0.05) is 18.7 Å². The summed E-state index contributed by atoms with van der Waals surface area (Å²) in [7, 11) is 0. The zero-order valence-corrected chi connectivity index (χ0v) is 14.1. The molecule has 1 saturated carbocycles. The highest BCUT2D eigenvalue weighted by Crippen LogP contribution is 2.47. The Balaban J connectivity index is 1.53. The summed E-state index contributed by atoms with van der Waals surface area (Å²) < 4.78 is 1.92. The predicted octanol–water partition coefficient (Wildman–Crippen LogP) is 3.27. The lowest BCUT2D eigenvalue weighted by molar-refractivity contribution is 0.476. The van der Waals surface area contributed by atoms with E-state index in [1.165, 1.54) is 18.5 Å². The maximum absolute atomic E-state index is 9.66. The standard InChI is InChI=1S/C20H17N5O/c26-13-4-5-16-15(9-13)22-11-25(16)19-10-21-14-2-1-3-17(20(14)23-19)24-7-6-12-8-18(12)24/h1-5,9-12,18,26H,6-8H2. The number of imidazole rings is 1. The van der Waals surface area contributed by atoms with Gasteiger partial charge in [-0.05, 0) is 43.0 Å². The van der Waals surface area contributed by atoms with Crippen LogP contribution in [0.3, 0.4) is 0 Å². The van der Waals surface area contributed by atoms with Gasteiger partial charge >= 0.3 is 0 Å². The topological polar surface area (TPSA) is 67.1 Å². The number of phenolic OH excluding ortho intramolecular Hbond substituents is 1. The number of fused-ring (bicyclic) bond motifs is 3. The highest BCUT2D eigenvalue weighted by Gasteiger charge is 2.47. The average Bonchev–Trinajstić information content (AvgIpc) is 3.13. The van der Waals surface area contributed by atoms with Gasteiger partial charge in [0.15, 0.2) is 5.82 Å². The maximum atomic E-state index is 9.66. The molecule has 2 aromatic carbocycles. The van der Waals surface area contributed by atoms with Crippen LogP contribution in [0, 0.1) is 5.92 Å². The zero-order valence-electron chi connectivity index (χ0n) is 14.1. The summed E-state index contributed by atoms with van der Waals surface area (Å²) in [6.07, 6.45) is 6.10. The zero-order chi connectivity index (χ0) is 17.3. The highest BCUT2D eigenvalue weighted by atomic mass is 16.3. The minimum Gasteiger partial charge on any atom is -0.508 e. The molecule has 0 amide bonds. The van der Waals surface area contributed by atoms with Crippen LogP contribution in [-0.4, -0.2) is 37.2 Å². The van der Waals surface area contributed by atoms with Crippen LogP contribution in [0.15, 0.2) is 48.9 Å². The lowest BCUT2D eigenvalue weighted by Crippen LogP contribution is -2.22. The Morgan fingerprint density at radius 2 is 2.04 bits per heavy atom. The lowest BCUT2D eigenvalue weighted by atomic mass is 10.2. The molecule has 6 rings (SSSR count). The van der Waals surface area contributed by atoms with Crippen molar-refractivity contribution in [2.45, 2.75) is 18.9 Å². The number of hydrogen-bond acceptors (Lipinski definition) is 5. The second kappa shape index (κ2) is 4.94. The first-order chi connectivity index (χ1) is 12.8. The molecule has 2 fully saturated rings. The SMILES string of the molecule is Oc1ccc2c(c1)ncn2-c1cnc2cccc(N3CCC4CC43)c2n1. The number of para-hydroxylation sites is 1. The van der Waals surface area contributed by atoms with Crippen LogP contribution in [0.5, 0.6) is 5.75 Å².